The van der Waals surface area contributed by atoms with Gasteiger partial charge in [0, 0.05) is 5.75 Å². The summed E-state index contributed by atoms with van der Waals surface area (Å²) < 4.78 is 2.02. The van der Waals surface area contributed by atoms with Crippen molar-refractivity contribution >= 4 is 11.8 Å². The summed E-state index contributed by atoms with van der Waals surface area (Å²) in [6, 6.07) is 26.9. The minimum Gasteiger partial charge on any atom is -0.226 e. The maximum Gasteiger partial charge on any atom is 0.209 e. The van der Waals surface area contributed by atoms with Crippen molar-refractivity contribution in [3.8, 4) is 17.1 Å². The predicted octanol–water partition coefficient (Wildman–Crippen LogP) is 5.48. The molecule has 2 heterocycles. The number of hydrogen-bond acceptors (Lipinski definition) is 5. The second kappa shape index (κ2) is 9.42. The number of rotatable bonds is 7. The summed E-state index contributed by atoms with van der Waals surface area (Å²) in [5, 5.41) is 19.1. The SMILES string of the molecule is Cc1cccc(C)c1-n1ncc(-c2nnn(Cc3ccccc3)n2)c1SCc1ccccc1. The molecule has 2 aromatic heterocycles. The Morgan fingerprint density at radius 3 is 2.15 bits per heavy atom. The number of aromatic nitrogens is 6. The number of aryl methyl sites for hydroxylation is 2. The van der Waals surface area contributed by atoms with Gasteiger partial charge in [-0.25, -0.2) is 4.68 Å². The highest BCUT2D eigenvalue weighted by atomic mass is 32.2. The summed E-state index contributed by atoms with van der Waals surface area (Å²) in [6.07, 6.45) is 1.85. The van der Waals surface area contributed by atoms with E-state index in [-0.39, 0.29) is 0 Å². The third kappa shape index (κ3) is 4.59. The van der Waals surface area contributed by atoms with Gasteiger partial charge in [-0.2, -0.15) is 9.90 Å². The molecule has 5 aromatic rings. The van der Waals surface area contributed by atoms with Crippen LogP contribution >= 0.6 is 11.8 Å². The van der Waals surface area contributed by atoms with E-state index in [4.69, 9.17) is 5.10 Å². The van der Waals surface area contributed by atoms with E-state index >= 15 is 0 Å². The number of hydrogen-bond donors (Lipinski definition) is 0. The van der Waals surface area contributed by atoms with Crippen LogP contribution in [-0.2, 0) is 12.3 Å². The van der Waals surface area contributed by atoms with Crippen molar-refractivity contribution in [2.75, 3.05) is 0 Å². The third-order valence-electron chi connectivity index (χ3n) is 5.46. The summed E-state index contributed by atoms with van der Waals surface area (Å²) in [5.74, 6) is 1.40. The molecule has 0 saturated carbocycles. The molecular formula is C26H24N6S. The predicted molar refractivity (Wildman–Crippen MR) is 131 cm³/mol. The Kier molecular flexibility index (Phi) is 6.04. The van der Waals surface area contributed by atoms with E-state index in [1.54, 1.807) is 16.6 Å². The average Bonchev–Trinajstić information content (AvgIpc) is 3.46. The van der Waals surface area contributed by atoms with E-state index in [2.05, 4.69) is 83.9 Å². The number of tetrazole rings is 1. The topological polar surface area (TPSA) is 61.4 Å². The van der Waals surface area contributed by atoms with Crippen LogP contribution < -0.4 is 0 Å². The van der Waals surface area contributed by atoms with Crippen LogP contribution in [0.2, 0.25) is 0 Å². The van der Waals surface area contributed by atoms with Gasteiger partial charge in [0.1, 0.15) is 5.03 Å². The standard InChI is InChI=1S/C26H24N6S/c1-19-10-9-11-20(2)24(19)32-26(33-18-22-14-7-4-8-15-22)23(16-27-32)25-28-30-31(29-25)17-21-12-5-3-6-13-21/h3-16H,17-18H2,1-2H3. The van der Waals surface area contributed by atoms with Gasteiger partial charge in [0.15, 0.2) is 0 Å². The fraction of sp³-hybridized carbons (Fsp3) is 0.154. The Morgan fingerprint density at radius 1 is 0.788 bits per heavy atom. The highest BCUT2D eigenvalue weighted by Crippen LogP contribution is 2.35. The van der Waals surface area contributed by atoms with Crippen LogP contribution in [0.1, 0.15) is 22.3 Å². The molecule has 0 spiro atoms. The van der Waals surface area contributed by atoms with Crippen molar-refractivity contribution < 1.29 is 0 Å². The Labute approximate surface area is 197 Å². The van der Waals surface area contributed by atoms with Crippen LogP contribution in [0.25, 0.3) is 17.1 Å². The van der Waals surface area contributed by atoms with Crippen molar-refractivity contribution in [3.05, 3.63) is 107 Å². The number of nitrogens with zero attached hydrogens (tertiary/aromatic N) is 6. The van der Waals surface area contributed by atoms with Crippen molar-refractivity contribution in [1.29, 1.82) is 0 Å². The summed E-state index contributed by atoms with van der Waals surface area (Å²) in [7, 11) is 0. The van der Waals surface area contributed by atoms with Gasteiger partial charge in [0.2, 0.25) is 5.82 Å². The first-order valence-electron chi connectivity index (χ1n) is 10.8. The molecule has 33 heavy (non-hydrogen) atoms. The van der Waals surface area contributed by atoms with Crippen LogP contribution in [0, 0.1) is 13.8 Å². The Morgan fingerprint density at radius 2 is 1.45 bits per heavy atom. The molecule has 0 aliphatic rings. The first-order chi connectivity index (χ1) is 16.2. The van der Waals surface area contributed by atoms with Gasteiger partial charge in [-0.15, -0.1) is 22.0 Å². The molecule has 6 nitrogen and oxygen atoms in total. The van der Waals surface area contributed by atoms with Crippen molar-refractivity contribution in [2.45, 2.75) is 31.2 Å². The lowest BCUT2D eigenvalue weighted by atomic mass is 10.1. The first kappa shape index (κ1) is 21.2. The Balaban J connectivity index is 1.52. The Hall–Kier alpha value is -3.71. The third-order valence-corrected chi connectivity index (χ3v) is 6.60. The van der Waals surface area contributed by atoms with Gasteiger partial charge in [0.25, 0.3) is 0 Å². The zero-order valence-electron chi connectivity index (χ0n) is 18.6. The maximum atomic E-state index is 4.77. The monoisotopic (exact) mass is 452 g/mol. The summed E-state index contributed by atoms with van der Waals surface area (Å²) in [5.41, 5.74) is 6.71. The van der Waals surface area contributed by atoms with E-state index in [0.717, 1.165) is 27.6 Å². The van der Waals surface area contributed by atoms with Crippen molar-refractivity contribution in [1.82, 2.24) is 30.0 Å². The van der Waals surface area contributed by atoms with Crippen LogP contribution in [0.15, 0.2) is 90.1 Å². The molecule has 0 saturated heterocycles. The van der Waals surface area contributed by atoms with Gasteiger partial charge in [-0.1, -0.05) is 78.9 Å². The second-order valence-corrected chi connectivity index (χ2v) is 8.88. The molecule has 0 amide bonds. The van der Waals surface area contributed by atoms with E-state index in [1.807, 2.05) is 35.1 Å². The fourth-order valence-corrected chi connectivity index (χ4v) is 4.88. The molecule has 0 radical (unpaired) electrons. The quantitative estimate of drug-likeness (QED) is 0.306. The van der Waals surface area contributed by atoms with Gasteiger partial charge in [-0.3, -0.25) is 0 Å². The zero-order chi connectivity index (χ0) is 22.6. The van der Waals surface area contributed by atoms with Crippen LogP contribution in [-0.4, -0.2) is 30.0 Å². The van der Waals surface area contributed by atoms with Gasteiger partial charge in [0.05, 0.1) is 24.0 Å². The summed E-state index contributed by atoms with van der Waals surface area (Å²) in [4.78, 5) is 1.63. The minimum absolute atomic E-state index is 0.575. The molecule has 0 fully saturated rings. The number of para-hydroxylation sites is 1. The zero-order valence-corrected chi connectivity index (χ0v) is 19.4. The smallest absolute Gasteiger partial charge is 0.209 e. The molecular weight excluding hydrogens is 428 g/mol. The largest absolute Gasteiger partial charge is 0.226 e. The van der Waals surface area contributed by atoms with Gasteiger partial charge >= 0.3 is 0 Å². The average molecular weight is 453 g/mol. The molecule has 0 aliphatic carbocycles. The molecule has 0 bridgehead atoms. The van der Waals surface area contributed by atoms with E-state index in [0.29, 0.717) is 12.4 Å². The minimum atomic E-state index is 0.575. The normalized spacial score (nSPS) is 11.1. The van der Waals surface area contributed by atoms with Crippen molar-refractivity contribution in [2.24, 2.45) is 0 Å². The second-order valence-electron chi connectivity index (χ2n) is 7.92. The summed E-state index contributed by atoms with van der Waals surface area (Å²) >= 11 is 1.74. The fourth-order valence-electron chi connectivity index (χ4n) is 3.82. The van der Waals surface area contributed by atoms with Crippen LogP contribution in [0.4, 0.5) is 0 Å². The number of benzene rings is 3. The maximum absolute atomic E-state index is 4.77. The molecule has 5 rings (SSSR count). The highest BCUT2D eigenvalue weighted by molar-refractivity contribution is 7.98. The molecule has 7 heteroatoms. The Bertz CT molecular complexity index is 1340. The van der Waals surface area contributed by atoms with Crippen molar-refractivity contribution in [3.63, 3.8) is 0 Å². The van der Waals surface area contributed by atoms with E-state index in [9.17, 15) is 0 Å². The molecule has 164 valence electrons. The lowest BCUT2D eigenvalue weighted by molar-refractivity contribution is 0.573. The van der Waals surface area contributed by atoms with E-state index < -0.39 is 0 Å². The highest BCUT2D eigenvalue weighted by Gasteiger charge is 2.20. The molecule has 0 unspecified atom stereocenters. The van der Waals surface area contributed by atoms with E-state index in [1.165, 1.54) is 16.7 Å². The van der Waals surface area contributed by atoms with Gasteiger partial charge < -0.3 is 0 Å². The molecule has 3 aromatic carbocycles. The lowest BCUT2D eigenvalue weighted by Gasteiger charge is -2.13. The van der Waals surface area contributed by atoms with Crippen LogP contribution in [0.5, 0.6) is 0 Å². The molecule has 0 N–H and O–H groups in total. The summed E-state index contributed by atoms with van der Waals surface area (Å²) in [6.45, 7) is 4.80. The van der Waals surface area contributed by atoms with Gasteiger partial charge in [-0.05, 0) is 41.3 Å². The first-order valence-corrected chi connectivity index (χ1v) is 11.8. The number of thioether (sulfide) groups is 1. The lowest BCUT2D eigenvalue weighted by Crippen LogP contribution is -2.04. The van der Waals surface area contributed by atoms with Crippen LogP contribution in [0.3, 0.4) is 0 Å². The molecule has 0 aliphatic heterocycles. The molecule has 0 atom stereocenters.